The van der Waals surface area contributed by atoms with Gasteiger partial charge in [-0.15, -0.1) is 11.8 Å². The summed E-state index contributed by atoms with van der Waals surface area (Å²) in [5, 5.41) is 9.16. The minimum Gasteiger partial charge on any atom is -0.493 e. The molecule has 1 N–H and O–H groups in total. The van der Waals surface area contributed by atoms with Gasteiger partial charge in [-0.3, -0.25) is 14.5 Å². The number of thioether (sulfide) groups is 1. The third kappa shape index (κ3) is 4.48. The summed E-state index contributed by atoms with van der Waals surface area (Å²) in [6.07, 6.45) is 1.51. The minimum atomic E-state index is -0.366. The van der Waals surface area contributed by atoms with E-state index in [0.29, 0.717) is 45.8 Å². The summed E-state index contributed by atoms with van der Waals surface area (Å²) in [5.74, 6) is 1.27. The van der Waals surface area contributed by atoms with E-state index in [1.807, 2.05) is 0 Å². The Hall–Kier alpha value is -2.51. The molecule has 148 valence electrons. The van der Waals surface area contributed by atoms with Crippen molar-refractivity contribution in [3.8, 4) is 5.75 Å². The number of nitrogens with zero attached hydrogens (tertiary/aromatic N) is 1. The van der Waals surface area contributed by atoms with Gasteiger partial charge in [-0.2, -0.15) is 0 Å². The lowest BCUT2D eigenvalue weighted by Crippen LogP contribution is -2.30. The molecule has 0 saturated heterocycles. The fraction of sp³-hybridized carbons (Fsp3) is 0.333. The molecule has 7 heteroatoms. The maximum atomic E-state index is 13.0. The van der Waals surface area contributed by atoms with Crippen LogP contribution in [0.1, 0.15) is 25.2 Å². The molecule has 0 saturated carbocycles. The maximum absolute atomic E-state index is 13.0. The molecule has 0 aliphatic carbocycles. The van der Waals surface area contributed by atoms with E-state index in [0.717, 1.165) is 0 Å². The van der Waals surface area contributed by atoms with Crippen molar-refractivity contribution in [2.45, 2.75) is 20.4 Å². The molecule has 0 bridgehead atoms. The number of amides is 2. The second-order valence-electron chi connectivity index (χ2n) is 6.78. The van der Waals surface area contributed by atoms with E-state index in [2.05, 4.69) is 13.8 Å². The number of carbonyl (C=O) groups is 2. The molecule has 1 aromatic heterocycles. The fourth-order valence-electron chi connectivity index (χ4n) is 2.77. The van der Waals surface area contributed by atoms with E-state index in [4.69, 9.17) is 14.3 Å². The van der Waals surface area contributed by atoms with Crippen LogP contribution < -0.4 is 4.74 Å². The minimum absolute atomic E-state index is 0.0763. The van der Waals surface area contributed by atoms with Crippen molar-refractivity contribution in [3.63, 3.8) is 0 Å². The molecule has 3 rings (SSSR count). The third-order valence-electron chi connectivity index (χ3n) is 4.08. The van der Waals surface area contributed by atoms with Crippen molar-refractivity contribution in [3.05, 3.63) is 58.9 Å². The third-order valence-corrected chi connectivity index (χ3v) is 5.14. The number of rotatable bonds is 9. The largest absolute Gasteiger partial charge is 0.493 e. The van der Waals surface area contributed by atoms with Crippen molar-refractivity contribution in [1.82, 2.24) is 4.90 Å². The zero-order valence-electron chi connectivity index (χ0n) is 15.9. The lowest BCUT2D eigenvalue weighted by molar-refractivity contribution is -0.137. The van der Waals surface area contributed by atoms with Crippen LogP contribution in [0.25, 0.3) is 5.57 Å². The quantitative estimate of drug-likeness (QED) is 0.650. The van der Waals surface area contributed by atoms with Crippen LogP contribution in [-0.4, -0.2) is 40.8 Å². The van der Waals surface area contributed by atoms with Crippen molar-refractivity contribution >= 4 is 29.1 Å². The van der Waals surface area contributed by atoms with Gasteiger partial charge in [-0.05, 0) is 35.7 Å². The van der Waals surface area contributed by atoms with Crippen LogP contribution in [0.2, 0.25) is 0 Å². The predicted molar refractivity (Wildman–Crippen MR) is 108 cm³/mol. The highest BCUT2D eigenvalue weighted by Crippen LogP contribution is 2.37. The topological polar surface area (TPSA) is 80.0 Å². The predicted octanol–water partition coefficient (Wildman–Crippen LogP) is 3.32. The molecule has 1 aliphatic rings. The molecule has 0 spiro atoms. The second-order valence-corrected chi connectivity index (χ2v) is 7.89. The van der Waals surface area contributed by atoms with Crippen molar-refractivity contribution < 1.29 is 23.8 Å². The van der Waals surface area contributed by atoms with Gasteiger partial charge >= 0.3 is 0 Å². The summed E-state index contributed by atoms with van der Waals surface area (Å²) in [4.78, 5) is 27.4. The molecule has 2 aromatic rings. The van der Waals surface area contributed by atoms with Crippen LogP contribution in [0.4, 0.5) is 0 Å². The van der Waals surface area contributed by atoms with Crippen LogP contribution in [0, 0.1) is 5.92 Å². The number of aliphatic hydroxyl groups excluding tert-OH is 1. The number of benzene rings is 1. The molecule has 0 radical (unpaired) electrons. The number of furan rings is 1. The molecule has 0 fully saturated rings. The Morgan fingerprint density at radius 1 is 1.14 bits per heavy atom. The molecule has 2 heterocycles. The molecule has 0 atom stereocenters. The standard InChI is InChI=1S/C21H23NO5S/c1-14(2)13-27-16-7-5-15(6-8-16)18-19(28-11-9-23)21(25)22(20(18)24)12-17-4-3-10-26-17/h3-8,10,14,23H,9,11-13H2,1-2H3. The van der Waals surface area contributed by atoms with Crippen molar-refractivity contribution in [2.75, 3.05) is 19.0 Å². The fourth-order valence-corrected chi connectivity index (χ4v) is 3.65. The van der Waals surface area contributed by atoms with Gasteiger partial charge in [0, 0.05) is 5.75 Å². The number of imide groups is 1. The Balaban J connectivity index is 1.87. The first-order valence-electron chi connectivity index (χ1n) is 9.11. The van der Waals surface area contributed by atoms with Crippen LogP contribution in [0.15, 0.2) is 52.0 Å². The van der Waals surface area contributed by atoms with E-state index < -0.39 is 0 Å². The first-order valence-corrected chi connectivity index (χ1v) is 10.1. The van der Waals surface area contributed by atoms with E-state index in [9.17, 15) is 9.59 Å². The number of ether oxygens (including phenoxy) is 1. The number of aliphatic hydroxyl groups is 1. The second kappa shape index (κ2) is 9.12. The van der Waals surface area contributed by atoms with Gasteiger partial charge in [0.1, 0.15) is 11.5 Å². The number of carbonyl (C=O) groups excluding carboxylic acids is 2. The number of hydrogen-bond donors (Lipinski definition) is 1. The SMILES string of the molecule is CC(C)COc1ccc(C2=C(SCCO)C(=O)N(Cc3ccco3)C2=O)cc1. The molecule has 28 heavy (non-hydrogen) atoms. The summed E-state index contributed by atoms with van der Waals surface area (Å²) < 4.78 is 11.0. The van der Waals surface area contributed by atoms with Gasteiger partial charge in [0.2, 0.25) is 0 Å². The van der Waals surface area contributed by atoms with Gasteiger partial charge in [-0.1, -0.05) is 26.0 Å². The molecular weight excluding hydrogens is 378 g/mol. The maximum Gasteiger partial charge on any atom is 0.268 e. The van der Waals surface area contributed by atoms with Crippen molar-refractivity contribution in [2.24, 2.45) is 5.92 Å². The average molecular weight is 401 g/mol. The van der Waals surface area contributed by atoms with E-state index >= 15 is 0 Å². The first-order chi connectivity index (χ1) is 13.5. The molecule has 6 nitrogen and oxygen atoms in total. The first kappa shape index (κ1) is 20.2. The van der Waals surface area contributed by atoms with Gasteiger partial charge in [0.05, 0.1) is 36.5 Å². The zero-order chi connectivity index (χ0) is 20.1. The Kier molecular flexibility index (Phi) is 6.59. The summed E-state index contributed by atoms with van der Waals surface area (Å²) in [5.41, 5.74) is 1.00. The summed E-state index contributed by atoms with van der Waals surface area (Å²) in [6, 6.07) is 10.6. The smallest absolute Gasteiger partial charge is 0.268 e. The lowest BCUT2D eigenvalue weighted by atomic mass is 10.1. The summed E-state index contributed by atoms with van der Waals surface area (Å²) in [7, 11) is 0. The van der Waals surface area contributed by atoms with Gasteiger partial charge in [0.15, 0.2) is 0 Å². The Labute approximate surface area is 168 Å². The number of hydrogen-bond acceptors (Lipinski definition) is 6. The van der Waals surface area contributed by atoms with Gasteiger partial charge in [-0.25, -0.2) is 0 Å². The average Bonchev–Trinajstić information content (AvgIpc) is 3.27. The highest BCUT2D eigenvalue weighted by molar-refractivity contribution is 8.04. The summed E-state index contributed by atoms with van der Waals surface area (Å²) >= 11 is 1.19. The van der Waals surface area contributed by atoms with Crippen LogP contribution in [-0.2, 0) is 16.1 Å². The van der Waals surface area contributed by atoms with E-state index in [1.54, 1.807) is 36.4 Å². The Morgan fingerprint density at radius 2 is 1.89 bits per heavy atom. The van der Waals surface area contributed by atoms with E-state index in [1.165, 1.54) is 22.9 Å². The lowest BCUT2D eigenvalue weighted by Gasteiger charge is -2.13. The van der Waals surface area contributed by atoms with Gasteiger partial charge < -0.3 is 14.3 Å². The molecule has 1 aliphatic heterocycles. The van der Waals surface area contributed by atoms with Crippen LogP contribution in [0.3, 0.4) is 0 Å². The molecule has 1 aromatic carbocycles. The Morgan fingerprint density at radius 3 is 2.50 bits per heavy atom. The monoisotopic (exact) mass is 401 g/mol. The molecule has 0 unspecified atom stereocenters. The molecular formula is C21H23NO5S. The summed E-state index contributed by atoms with van der Waals surface area (Å²) in [6.45, 7) is 4.74. The highest BCUT2D eigenvalue weighted by Gasteiger charge is 2.39. The van der Waals surface area contributed by atoms with Gasteiger partial charge in [0.25, 0.3) is 11.8 Å². The zero-order valence-corrected chi connectivity index (χ0v) is 16.7. The Bertz CT molecular complexity index is 855. The normalized spacial score (nSPS) is 14.5. The highest BCUT2D eigenvalue weighted by atomic mass is 32.2. The van der Waals surface area contributed by atoms with Crippen LogP contribution >= 0.6 is 11.8 Å². The van der Waals surface area contributed by atoms with E-state index in [-0.39, 0.29) is 25.0 Å². The molecule has 2 amide bonds. The van der Waals surface area contributed by atoms with Crippen molar-refractivity contribution in [1.29, 1.82) is 0 Å². The van der Waals surface area contributed by atoms with Crippen LogP contribution in [0.5, 0.6) is 5.75 Å².